The van der Waals surface area contributed by atoms with E-state index in [1.807, 2.05) is 0 Å². The number of rotatable bonds is 3. The van der Waals surface area contributed by atoms with Crippen LogP contribution in [0.3, 0.4) is 0 Å². The van der Waals surface area contributed by atoms with Crippen molar-refractivity contribution in [1.82, 2.24) is 0 Å². The zero-order valence-corrected chi connectivity index (χ0v) is 12.7. The van der Waals surface area contributed by atoms with E-state index < -0.39 is 33.0 Å². The van der Waals surface area contributed by atoms with Crippen LogP contribution < -0.4 is 4.18 Å². The van der Waals surface area contributed by atoms with E-state index in [0.29, 0.717) is 0 Å². The minimum Gasteiger partial charge on any atom is -0.465 e. The highest BCUT2D eigenvalue weighted by atomic mass is 32.2. The first kappa shape index (κ1) is 17.6. The Hall–Kier alpha value is -2.80. The molecule has 0 saturated carbocycles. The molecule has 0 aliphatic rings. The van der Waals surface area contributed by atoms with Gasteiger partial charge in [0.1, 0.15) is 0 Å². The van der Waals surface area contributed by atoms with Gasteiger partial charge in [-0.05, 0) is 17.5 Å². The van der Waals surface area contributed by atoms with Gasteiger partial charge in [0.05, 0.1) is 19.2 Å². The third-order valence-electron chi connectivity index (χ3n) is 2.97. The van der Waals surface area contributed by atoms with Gasteiger partial charge in [-0.1, -0.05) is 18.2 Å². The molecule has 0 unspecified atom stereocenters. The van der Waals surface area contributed by atoms with Crippen LogP contribution >= 0.6 is 0 Å². The Balaban J connectivity index is 2.74. The highest BCUT2D eigenvalue weighted by molar-refractivity contribution is 7.88. The first-order chi connectivity index (χ1) is 11.1. The van der Waals surface area contributed by atoms with Crippen molar-refractivity contribution in [2.75, 3.05) is 7.11 Å². The second-order valence-corrected chi connectivity index (χ2v) is 5.97. The summed E-state index contributed by atoms with van der Waals surface area (Å²) in [5, 5.41) is 0.140. The Labute approximate surface area is 134 Å². The van der Waals surface area contributed by atoms with Gasteiger partial charge in [0, 0.05) is 5.39 Å². The highest BCUT2D eigenvalue weighted by Crippen LogP contribution is 2.39. The Morgan fingerprint density at radius 2 is 1.83 bits per heavy atom. The lowest BCUT2D eigenvalue weighted by Gasteiger charge is -2.13. The highest BCUT2D eigenvalue weighted by Gasteiger charge is 2.49. The number of carbonyl (C=O) groups is 1. The van der Waals surface area contributed by atoms with Gasteiger partial charge in [0.2, 0.25) is 5.69 Å². The molecule has 0 radical (unpaired) electrons. The minimum atomic E-state index is -5.97. The van der Waals surface area contributed by atoms with Crippen molar-refractivity contribution in [3.63, 3.8) is 0 Å². The molecule has 0 aliphatic heterocycles. The molecule has 2 rings (SSSR count). The third-order valence-corrected chi connectivity index (χ3v) is 3.92. The van der Waals surface area contributed by atoms with Crippen LogP contribution in [0.2, 0.25) is 0 Å². The molecule has 0 fully saturated rings. The zero-order valence-electron chi connectivity index (χ0n) is 11.9. The molecule has 0 aromatic heterocycles. The van der Waals surface area contributed by atoms with Crippen LogP contribution in [0.4, 0.5) is 18.9 Å². The van der Waals surface area contributed by atoms with E-state index in [1.165, 1.54) is 18.2 Å². The number of alkyl halides is 3. The molecular weight excluding hydrogens is 351 g/mol. The molecule has 0 amide bonds. The summed E-state index contributed by atoms with van der Waals surface area (Å²) in [5.74, 6) is -1.58. The smallest absolute Gasteiger partial charge is 0.465 e. The Morgan fingerprint density at radius 1 is 1.21 bits per heavy atom. The molecule has 10 heteroatoms. The van der Waals surface area contributed by atoms with Gasteiger partial charge in [0.15, 0.2) is 5.75 Å². The first-order valence-electron chi connectivity index (χ1n) is 6.14. The van der Waals surface area contributed by atoms with Crippen LogP contribution in [0.5, 0.6) is 5.75 Å². The number of benzene rings is 2. The summed E-state index contributed by atoms with van der Waals surface area (Å²) in [6.07, 6.45) is 0. The minimum absolute atomic E-state index is 0.0404. The number of fused-ring (bicyclic) bond motifs is 1. The van der Waals surface area contributed by atoms with E-state index in [0.717, 1.165) is 19.2 Å². The predicted octanol–water partition coefficient (Wildman–Crippen LogP) is 3.41. The average molecular weight is 359 g/mol. The predicted molar refractivity (Wildman–Crippen MR) is 77.2 cm³/mol. The maximum Gasteiger partial charge on any atom is 0.534 e. The van der Waals surface area contributed by atoms with Crippen LogP contribution in [-0.4, -0.2) is 27.0 Å². The molecule has 0 spiro atoms. The van der Waals surface area contributed by atoms with Crippen molar-refractivity contribution < 1.29 is 35.3 Å². The van der Waals surface area contributed by atoms with Gasteiger partial charge in [-0.3, -0.25) is 0 Å². The molecule has 6 nitrogen and oxygen atoms in total. The standard InChI is InChI=1S/C14H8F3NO5S/c1-18-11-6-5-8-3-4-9(13(19)22-2)7-10(8)12(11)23-24(20,21)14(15,16)17/h3-7H,2H3. The van der Waals surface area contributed by atoms with Crippen LogP contribution in [0.1, 0.15) is 10.4 Å². The Morgan fingerprint density at radius 3 is 2.38 bits per heavy atom. The molecule has 2 aromatic rings. The van der Waals surface area contributed by atoms with Crippen molar-refractivity contribution in [2.45, 2.75) is 5.51 Å². The maximum atomic E-state index is 12.6. The lowest BCUT2D eigenvalue weighted by molar-refractivity contribution is -0.0499. The molecule has 24 heavy (non-hydrogen) atoms. The fourth-order valence-corrected chi connectivity index (χ4v) is 2.35. The molecule has 2 aromatic carbocycles. The number of halogens is 3. The fraction of sp³-hybridized carbons (Fsp3) is 0.143. The number of hydrogen-bond donors (Lipinski definition) is 0. The van der Waals surface area contributed by atoms with E-state index in [4.69, 9.17) is 6.57 Å². The number of nitrogens with zero attached hydrogens (tertiary/aromatic N) is 1. The van der Waals surface area contributed by atoms with Gasteiger partial charge < -0.3 is 8.92 Å². The number of methoxy groups -OCH3 is 1. The van der Waals surface area contributed by atoms with E-state index >= 15 is 0 Å². The number of ether oxygens (including phenoxy) is 1. The van der Waals surface area contributed by atoms with Crippen molar-refractivity contribution in [1.29, 1.82) is 0 Å². The topological polar surface area (TPSA) is 74.0 Å². The molecular formula is C14H8F3NO5S. The molecule has 0 saturated heterocycles. The molecule has 0 bridgehead atoms. The number of hydrogen-bond acceptors (Lipinski definition) is 5. The number of carbonyl (C=O) groups excluding carboxylic acids is 1. The lowest BCUT2D eigenvalue weighted by Crippen LogP contribution is -2.28. The summed E-state index contributed by atoms with van der Waals surface area (Å²) < 4.78 is 68.8. The molecule has 126 valence electrons. The van der Waals surface area contributed by atoms with E-state index in [-0.39, 0.29) is 16.3 Å². The zero-order chi connectivity index (χ0) is 18.1. The van der Waals surface area contributed by atoms with Crippen LogP contribution in [-0.2, 0) is 14.9 Å². The van der Waals surface area contributed by atoms with Gasteiger partial charge in [-0.25, -0.2) is 9.64 Å². The monoisotopic (exact) mass is 359 g/mol. The second-order valence-electron chi connectivity index (χ2n) is 4.44. The summed E-state index contributed by atoms with van der Waals surface area (Å²) in [6, 6.07) is 6.30. The van der Waals surface area contributed by atoms with Crippen LogP contribution in [0.25, 0.3) is 15.6 Å². The van der Waals surface area contributed by atoms with Crippen LogP contribution in [0.15, 0.2) is 30.3 Å². The van der Waals surface area contributed by atoms with Gasteiger partial charge in [-0.2, -0.15) is 21.6 Å². The van der Waals surface area contributed by atoms with Crippen LogP contribution in [0, 0.1) is 6.57 Å². The Bertz CT molecular complexity index is 961. The van der Waals surface area contributed by atoms with Crippen molar-refractivity contribution in [3.05, 3.63) is 47.3 Å². The summed E-state index contributed by atoms with van der Waals surface area (Å²) >= 11 is 0. The maximum absolute atomic E-state index is 12.6. The lowest BCUT2D eigenvalue weighted by atomic mass is 10.1. The molecule has 0 heterocycles. The quantitative estimate of drug-likeness (QED) is 0.363. The molecule has 0 aliphatic carbocycles. The second kappa shape index (κ2) is 6.01. The summed E-state index contributed by atoms with van der Waals surface area (Å²) in [5.41, 5.74) is -6.15. The average Bonchev–Trinajstić information content (AvgIpc) is 2.52. The van der Waals surface area contributed by atoms with Crippen molar-refractivity contribution in [3.8, 4) is 5.75 Å². The molecule has 0 atom stereocenters. The number of esters is 1. The van der Waals surface area contributed by atoms with Crippen molar-refractivity contribution in [2.24, 2.45) is 0 Å². The summed E-state index contributed by atoms with van der Waals surface area (Å²) in [4.78, 5) is 14.5. The van der Waals surface area contributed by atoms with E-state index in [9.17, 15) is 26.4 Å². The van der Waals surface area contributed by atoms with Gasteiger partial charge in [0.25, 0.3) is 0 Å². The molecule has 0 N–H and O–H groups in total. The van der Waals surface area contributed by atoms with E-state index in [1.54, 1.807) is 0 Å². The van der Waals surface area contributed by atoms with Gasteiger partial charge >= 0.3 is 21.6 Å². The third kappa shape index (κ3) is 3.11. The SMILES string of the molecule is [C-]#[N+]c1ccc2ccc(C(=O)OC)cc2c1OS(=O)(=O)C(F)(F)F. The normalized spacial score (nSPS) is 11.8. The van der Waals surface area contributed by atoms with Gasteiger partial charge in [-0.15, -0.1) is 0 Å². The largest absolute Gasteiger partial charge is 0.534 e. The van der Waals surface area contributed by atoms with Crippen molar-refractivity contribution >= 4 is 32.5 Å². The first-order valence-corrected chi connectivity index (χ1v) is 7.55. The summed E-state index contributed by atoms with van der Waals surface area (Å²) in [7, 11) is -4.87. The van der Waals surface area contributed by atoms with E-state index in [2.05, 4.69) is 13.8 Å². The fourth-order valence-electron chi connectivity index (χ4n) is 1.86. The summed E-state index contributed by atoms with van der Waals surface area (Å²) in [6.45, 7) is 6.98. The Kier molecular flexibility index (Phi) is 4.40.